The first kappa shape index (κ1) is 29.6. The number of nitrogens with zero attached hydrogens (tertiary/aromatic N) is 3. The zero-order valence-corrected chi connectivity index (χ0v) is 23.1. The van der Waals surface area contributed by atoms with E-state index in [1.165, 1.54) is 6.07 Å². The molecule has 2 N–H and O–H groups in total. The number of hydrogen-bond donors (Lipinski definition) is 2. The lowest BCUT2D eigenvalue weighted by atomic mass is 9.86. The molecule has 10 heteroatoms. The lowest BCUT2D eigenvalue weighted by Gasteiger charge is -2.38. The number of halogens is 3. The van der Waals surface area contributed by atoms with Crippen LogP contribution in [0.4, 0.5) is 18.9 Å². The van der Waals surface area contributed by atoms with Crippen LogP contribution < -0.4 is 4.90 Å². The number of piperidine rings is 2. The maximum absolute atomic E-state index is 13.6. The van der Waals surface area contributed by atoms with Gasteiger partial charge in [0.05, 0.1) is 23.0 Å². The number of rotatable bonds is 8. The van der Waals surface area contributed by atoms with E-state index in [0.717, 1.165) is 50.5 Å². The predicted molar refractivity (Wildman–Crippen MR) is 143 cm³/mol. The standard InChI is InChI=1S/C29H42F3N3O4/c1-28(2,39)11-3-12-33-13-6-22(19-33)26(36)35-16-7-20(8-17-35)24-5-4-23(29(30,31)32)18-25(24)34-14-9-21(10-15-34)27(37)38/h4-5,18,20-22,39H,3,6-17,19H2,1-2H3,(H,37,38). The molecular weight excluding hydrogens is 511 g/mol. The molecule has 0 spiro atoms. The van der Waals surface area contributed by atoms with Gasteiger partial charge >= 0.3 is 12.1 Å². The zero-order chi connectivity index (χ0) is 28.4. The van der Waals surface area contributed by atoms with Crippen molar-refractivity contribution in [2.45, 2.75) is 76.5 Å². The minimum absolute atomic E-state index is 0.0270. The van der Waals surface area contributed by atoms with Crippen molar-refractivity contribution in [3.05, 3.63) is 29.3 Å². The van der Waals surface area contributed by atoms with Crippen molar-refractivity contribution in [1.29, 1.82) is 0 Å². The molecule has 0 aliphatic carbocycles. The van der Waals surface area contributed by atoms with Crippen molar-refractivity contribution >= 4 is 17.6 Å². The van der Waals surface area contributed by atoms with Crippen LogP contribution in [0.5, 0.6) is 0 Å². The van der Waals surface area contributed by atoms with Crippen molar-refractivity contribution in [2.75, 3.05) is 50.7 Å². The average Bonchev–Trinajstić information content (AvgIpc) is 3.35. The number of carbonyl (C=O) groups excluding carboxylic acids is 1. The number of aliphatic hydroxyl groups is 1. The van der Waals surface area contributed by atoms with Gasteiger partial charge in [-0.25, -0.2) is 0 Å². The Balaban J connectivity index is 1.37. The minimum Gasteiger partial charge on any atom is -0.481 e. The number of amides is 1. The molecule has 1 atom stereocenters. The second-order valence-electron chi connectivity index (χ2n) is 12.2. The van der Waals surface area contributed by atoms with E-state index < -0.39 is 29.2 Å². The third kappa shape index (κ3) is 7.66. The minimum atomic E-state index is -4.45. The van der Waals surface area contributed by atoms with Crippen LogP contribution >= 0.6 is 0 Å². The Morgan fingerprint density at radius 2 is 1.59 bits per heavy atom. The highest BCUT2D eigenvalue weighted by atomic mass is 19.4. The third-order valence-electron chi connectivity index (χ3n) is 8.67. The molecule has 3 fully saturated rings. The molecule has 39 heavy (non-hydrogen) atoms. The van der Waals surface area contributed by atoms with Gasteiger partial charge in [-0.15, -0.1) is 0 Å². The quantitative estimate of drug-likeness (QED) is 0.490. The van der Waals surface area contributed by atoms with E-state index in [9.17, 15) is 33.0 Å². The van der Waals surface area contributed by atoms with Crippen LogP contribution in [0.1, 0.15) is 75.8 Å². The Bertz CT molecular complexity index is 1010. The smallest absolute Gasteiger partial charge is 0.416 e. The zero-order valence-electron chi connectivity index (χ0n) is 23.1. The van der Waals surface area contributed by atoms with Gasteiger partial charge in [0.1, 0.15) is 0 Å². The highest BCUT2D eigenvalue weighted by Crippen LogP contribution is 2.40. The molecule has 4 rings (SSSR count). The Morgan fingerprint density at radius 1 is 0.949 bits per heavy atom. The number of benzene rings is 1. The predicted octanol–water partition coefficient (Wildman–Crippen LogP) is 4.59. The van der Waals surface area contributed by atoms with Gasteiger partial charge in [0.15, 0.2) is 0 Å². The van der Waals surface area contributed by atoms with E-state index in [0.29, 0.717) is 57.5 Å². The lowest BCUT2D eigenvalue weighted by Crippen LogP contribution is -2.42. The number of aliphatic carboxylic acids is 1. The Kier molecular flexibility index (Phi) is 9.15. The van der Waals surface area contributed by atoms with E-state index in [1.807, 2.05) is 23.6 Å². The molecule has 0 saturated carbocycles. The number of hydrogen-bond acceptors (Lipinski definition) is 5. The van der Waals surface area contributed by atoms with E-state index >= 15 is 0 Å². The van der Waals surface area contributed by atoms with Gasteiger partial charge in [-0.1, -0.05) is 6.07 Å². The maximum atomic E-state index is 13.6. The molecule has 0 bridgehead atoms. The summed E-state index contributed by atoms with van der Waals surface area (Å²) in [6.07, 6.45) is 0.193. The molecule has 0 radical (unpaired) electrons. The first-order valence-electron chi connectivity index (χ1n) is 14.2. The SMILES string of the molecule is CC(C)(O)CCCN1CCC(C(=O)N2CCC(c3ccc(C(F)(F)F)cc3N3CCC(C(=O)O)CC3)CC2)C1. The summed E-state index contributed by atoms with van der Waals surface area (Å²) in [4.78, 5) is 30.7. The van der Waals surface area contributed by atoms with Crippen molar-refractivity contribution < 1.29 is 33.0 Å². The number of carbonyl (C=O) groups is 2. The normalized spacial score (nSPS) is 22.5. The summed E-state index contributed by atoms with van der Waals surface area (Å²) in [5, 5.41) is 19.2. The lowest BCUT2D eigenvalue weighted by molar-refractivity contribution is -0.142. The Labute approximate surface area is 228 Å². The van der Waals surface area contributed by atoms with Crippen LogP contribution in [0.15, 0.2) is 18.2 Å². The second-order valence-corrected chi connectivity index (χ2v) is 12.2. The molecule has 3 aliphatic rings. The summed E-state index contributed by atoms with van der Waals surface area (Å²) in [5.74, 6) is -1.12. The molecule has 218 valence electrons. The molecule has 3 heterocycles. The van der Waals surface area contributed by atoms with Crippen LogP contribution in [0.3, 0.4) is 0 Å². The van der Waals surface area contributed by atoms with Crippen molar-refractivity contribution in [1.82, 2.24) is 9.80 Å². The van der Waals surface area contributed by atoms with Gasteiger partial charge in [-0.2, -0.15) is 13.2 Å². The highest BCUT2D eigenvalue weighted by Gasteiger charge is 2.36. The topological polar surface area (TPSA) is 84.3 Å². The van der Waals surface area contributed by atoms with Crippen LogP contribution in [-0.4, -0.2) is 83.3 Å². The third-order valence-corrected chi connectivity index (χ3v) is 8.67. The largest absolute Gasteiger partial charge is 0.481 e. The molecule has 1 aromatic rings. The molecule has 3 aliphatic heterocycles. The number of anilines is 1. The van der Waals surface area contributed by atoms with Crippen molar-refractivity contribution in [3.8, 4) is 0 Å². The van der Waals surface area contributed by atoms with Gasteiger partial charge < -0.3 is 24.9 Å². The maximum Gasteiger partial charge on any atom is 0.416 e. The fourth-order valence-corrected chi connectivity index (χ4v) is 6.35. The summed E-state index contributed by atoms with van der Waals surface area (Å²) in [6.45, 7) is 8.10. The highest BCUT2D eigenvalue weighted by molar-refractivity contribution is 5.79. The average molecular weight is 554 g/mol. The van der Waals surface area contributed by atoms with E-state index in [1.54, 1.807) is 6.07 Å². The van der Waals surface area contributed by atoms with Crippen LogP contribution in [0.2, 0.25) is 0 Å². The summed E-state index contributed by atoms with van der Waals surface area (Å²) in [6, 6.07) is 3.95. The molecular formula is C29H42F3N3O4. The monoisotopic (exact) mass is 553 g/mol. The second kappa shape index (κ2) is 12.0. The summed E-state index contributed by atoms with van der Waals surface area (Å²) in [7, 11) is 0. The van der Waals surface area contributed by atoms with E-state index in [2.05, 4.69) is 4.90 Å². The van der Waals surface area contributed by atoms with Gasteiger partial charge in [0.25, 0.3) is 0 Å². The number of carboxylic acids is 1. The molecule has 3 saturated heterocycles. The van der Waals surface area contributed by atoms with Crippen LogP contribution in [-0.2, 0) is 15.8 Å². The number of alkyl halides is 3. The van der Waals surface area contributed by atoms with Crippen LogP contribution in [0, 0.1) is 11.8 Å². The van der Waals surface area contributed by atoms with Crippen LogP contribution in [0.25, 0.3) is 0 Å². The van der Waals surface area contributed by atoms with Gasteiger partial charge in [-0.05, 0) is 95.5 Å². The number of carboxylic acid groups (broad SMARTS) is 1. The molecule has 1 amide bonds. The fourth-order valence-electron chi connectivity index (χ4n) is 6.35. The summed E-state index contributed by atoms with van der Waals surface area (Å²) < 4.78 is 40.7. The van der Waals surface area contributed by atoms with Gasteiger partial charge in [0.2, 0.25) is 5.91 Å². The van der Waals surface area contributed by atoms with Crippen molar-refractivity contribution in [2.24, 2.45) is 11.8 Å². The molecule has 1 aromatic carbocycles. The number of likely N-dealkylation sites (tertiary alicyclic amines) is 2. The van der Waals surface area contributed by atoms with E-state index in [4.69, 9.17) is 0 Å². The summed E-state index contributed by atoms with van der Waals surface area (Å²) >= 11 is 0. The van der Waals surface area contributed by atoms with Gasteiger partial charge in [0, 0.05) is 38.4 Å². The van der Waals surface area contributed by atoms with E-state index in [-0.39, 0.29) is 17.7 Å². The fraction of sp³-hybridized carbons (Fsp3) is 0.724. The first-order valence-corrected chi connectivity index (χ1v) is 14.2. The molecule has 0 aromatic heterocycles. The Hall–Kier alpha value is -2.33. The molecule has 7 nitrogen and oxygen atoms in total. The summed E-state index contributed by atoms with van der Waals surface area (Å²) in [5.41, 5.74) is 0.0439. The molecule has 1 unspecified atom stereocenters. The Morgan fingerprint density at radius 3 is 2.18 bits per heavy atom. The van der Waals surface area contributed by atoms with Crippen molar-refractivity contribution in [3.63, 3.8) is 0 Å². The first-order chi connectivity index (χ1) is 18.3. The van der Waals surface area contributed by atoms with Gasteiger partial charge in [-0.3, -0.25) is 9.59 Å².